The van der Waals surface area contributed by atoms with Gasteiger partial charge in [0.05, 0.1) is 11.2 Å². The van der Waals surface area contributed by atoms with E-state index in [1.807, 2.05) is 59.8 Å². The first-order valence-corrected chi connectivity index (χ1v) is 7.64. The zero-order valence-corrected chi connectivity index (χ0v) is 14.4. The third-order valence-electron chi connectivity index (χ3n) is 4.66. The minimum atomic E-state index is -0.440. The molecule has 0 amide bonds. The number of benzene rings is 1. The van der Waals surface area contributed by atoms with Gasteiger partial charge in [0.1, 0.15) is 5.75 Å². The average molecular weight is 303 g/mol. The largest absolute Gasteiger partial charge is 0.507 e. The molecule has 0 aromatic heterocycles. The minimum Gasteiger partial charge on any atom is -0.507 e. The molecule has 1 aliphatic rings. The fraction of sp³-hybridized carbons (Fsp3) is 0.529. The summed E-state index contributed by atoms with van der Waals surface area (Å²) in [6.45, 7) is 12.2. The summed E-state index contributed by atoms with van der Waals surface area (Å²) in [7, 11) is -0.440. The lowest BCUT2D eigenvalue weighted by Gasteiger charge is -2.32. The highest BCUT2D eigenvalue weighted by molar-refractivity contribution is 6.55. The van der Waals surface area contributed by atoms with Crippen LogP contribution in [0, 0.1) is 13.8 Å². The van der Waals surface area contributed by atoms with Crippen molar-refractivity contribution < 1.29 is 14.4 Å². The van der Waals surface area contributed by atoms with E-state index >= 15 is 0 Å². The van der Waals surface area contributed by atoms with Gasteiger partial charge >= 0.3 is 7.12 Å². The molecule has 1 heterocycles. The fourth-order valence-electron chi connectivity index (χ4n) is 2.50. The third kappa shape index (κ3) is 3.07. The summed E-state index contributed by atoms with van der Waals surface area (Å²) in [4.78, 5) is 0. The number of nitrogens with two attached hydrogens (primary N) is 1. The van der Waals surface area contributed by atoms with Gasteiger partial charge < -0.3 is 20.1 Å². The van der Waals surface area contributed by atoms with Gasteiger partial charge in [-0.25, -0.2) is 0 Å². The van der Waals surface area contributed by atoms with Crippen LogP contribution < -0.4 is 5.73 Å². The lowest BCUT2D eigenvalue weighted by atomic mass is 9.77. The normalized spacial score (nSPS) is 20.5. The monoisotopic (exact) mass is 303 g/mol. The molecule has 0 unspecified atom stereocenters. The summed E-state index contributed by atoms with van der Waals surface area (Å²) >= 11 is 0. The second kappa shape index (κ2) is 5.72. The Morgan fingerprint density at radius 3 is 2.00 bits per heavy atom. The lowest BCUT2D eigenvalue weighted by molar-refractivity contribution is 0.00578. The van der Waals surface area contributed by atoms with Crippen LogP contribution in [-0.2, 0) is 9.31 Å². The van der Waals surface area contributed by atoms with Crippen molar-refractivity contribution in [3.05, 3.63) is 34.3 Å². The van der Waals surface area contributed by atoms with Gasteiger partial charge in [-0.2, -0.15) is 0 Å². The van der Waals surface area contributed by atoms with Gasteiger partial charge in [-0.1, -0.05) is 6.08 Å². The highest BCUT2D eigenvalue weighted by atomic mass is 16.7. The Morgan fingerprint density at radius 1 is 1.14 bits per heavy atom. The van der Waals surface area contributed by atoms with E-state index in [4.69, 9.17) is 15.0 Å². The topological polar surface area (TPSA) is 64.7 Å². The highest BCUT2D eigenvalue weighted by Crippen LogP contribution is 2.38. The molecular weight excluding hydrogens is 277 g/mol. The molecule has 4 nitrogen and oxygen atoms in total. The Morgan fingerprint density at radius 2 is 1.59 bits per heavy atom. The molecule has 3 N–H and O–H groups in total. The summed E-state index contributed by atoms with van der Waals surface area (Å²) in [6, 6.07) is 3.87. The first-order chi connectivity index (χ1) is 10.1. The maximum absolute atomic E-state index is 9.88. The third-order valence-corrected chi connectivity index (χ3v) is 4.66. The van der Waals surface area contributed by atoms with E-state index in [0.717, 1.165) is 22.2 Å². The Balaban J connectivity index is 2.34. The second-order valence-corrected chi connectivity index (χ2v) is 7.01. The van der Waals surface area contributed by atoms with Crippen molar-refractivity contribution in [2.24, 2.45) is 5.73 Å². The van der Waals surface area contributed by atoms with E-state index in [-0.39, 0.29) is 11.2 Å². The molecule has 22 heavy (non-hydrogen) atoms. The Kier molecular flexibility index (Phi) is 4.44. The van der Waals surface area contributed by atoms with Gasteiger partial charge in [0.15, 0.2) is 0 Å². The standard InChI is InChI=1S/C17H26BNO3/c1-11-7-13(8-12(2)15(11)20)9-14(10-19)18-21-16(3,4)17(5,6)22-18/h7-9,20H,10,19H2,1-6H3. The molecular formula is C17H26BNO3. The molecule has 1 saturated heterocycles. The quantitative estimate of drug-likeness (QED) is 0.843. The molecule has 0 saturated carbocycles. The molecule has 1 aliphatic heterocycles. The van der Waals surface area contributed by atoms with Crippen molar-refractivity contribution in [3.63, 3.8) is 0 Å². The number of phenolic OH excluding ortho intramolecular Hbond substituents is 1. The maximum atomic E-state index is 9.88. The van der Waals surface area contributed by atoms with Crippen LogP contribution in [0.2, 0.25) is 0 Å². The van der Waals surface area contributed by atoms with Crippen molar-refractivity contribution in [2.75, 3.05) is 6.54 Å². The number of aromatic hydroxyl groups is 1. The average Bonchev–Trinajstić information content (AvgIpc) is 2.61. The zero-order valence-electron chi connectivity index (χ0n) is 14.4. The summed E-state index contributed by atoms with van der Waals surface area (Å²) < 4.78 is 12.1. The summed E-state index contributed by atoms with van der Waals surface area (Å²) in [5.41, 5.74) is 8.71. The molecule has 120 valence electrons. The molecule has 0 bridgehead atoms. The SMILES string of the molecule is Cc1cc(C=C(CN)B2OC(C)(C)C(C)(C)O2)cc(C)c1O. The van der Waals surface area contributed by atoms with Crippen LogP contribution in [0.25, 0.3) is 6.08 Å². The summed E-state index contributed by atoms with van der Waals surface area (Å²) in [5, 5.41) is 9.88. The molecule has 1 fully saturated rings. The van der Waals surface area contributed by atoms with Crippen molar-refractivity contribution >= 4 is 13.2 Å². The summed E-state index contributed by atoms with van der Waals surface area (Å²) in [6.07, 6.45) is 1.99. The van der Waals surface area contributed by atoms with Gasteiger partial charge in [-0.15, -0.1) is 0 Å². The smallest absolute Gasteiger partial charge is 0.491 e. The molecule has 0 radical (unpaired) electrons. The number of hydrogen-bond donors (Lipinski definition) is 2. The van der Waals surface area contributed by atoms with E-state index in [2.05, 4.69) is 0 Å². The van der Waals surface area contributed by atoms with Crippen molar-refractivity contribution in [1.29, 1.82) is 0 Å². The van der Waals surface area contributed by atoms with Crippen molar-refractivity contribution in [3.8, 4) is 5.75 Å². The fourth-order valence-corrected chi connectivity index (χ4v) is 2.50. The van der Waals surface area contributed by atoms with Crippen molar-refractivity contribution in [2.45, 2.75) is 52.7 Å². The van der Waals surface area contributed by atoms with E-state index < -0.39 is 7.12 Å². The van der Waals surface area contributed by atoms with E-state index in [1.54, 1.807) is 0 Å². The predicted molar refractivity (Wildman–Crippen MR) is 90.7 cm³/mol. The zero-order chi connectivity index (χ0) is 16.7. The Bertz CT molecular complexity index is 569. The number of phenols is 1. The van der Waals surface area contributed by atoms with Gasteiger partial charge in [0, 0.05) is 6.54 Å². The molecule has 0 atom stereocenters. The molecule has 2 rings (SSSR count). The Hall–Kier alpha value is -1.30. The van der Waals surface area contributed by atoms with E-state index in [9.17, 15) is 5.11 Å². The van der Waals surface area contributed by atoms with Crippen LogP contribution in [0.15, 0.2) is 17.6 Å². The van der Waals surface area contributed by atoms with E-state index in [1.165, 1.54) is 0 Å². The number of aryl methyl sites for hydroxylation is 2. The maximum Gasteiger partial charge on any atom is 0.491 e. The van der Waals surface area contributed by atoms with Crippen LogP contribution in [0.3, 0.4) is 0 Å². The molecule has 5 heteroatoms. The van der Waals surface area contributed by atoms with Crippen LogP contribution in [0.1, 0.15) is 44.4 Å². The lowest BCUT2D eigenvalue weighted by Crippen LogP contribution is -2.41. The van der Waals surface area contributed by atoms with Crippen molar-refractivity contribution in [1.82, 2.24) is 0 Å². The van der Waals surface area contributed by atoms with E-state index in [0.29, 0.717) is 12.3 Å². The highest BCUT2D eigenvalue weighted by Gasteiger charge is 2.52. The van der Waals surface area contributed by atoms with Crippen LogP contribution in [0.5, 0.6) is 5.75 Å². The molecule has 1 aromatic carbocycles. The van der Waals surface area contributed by atoms with Gasteiger partial charge in [-0.3, -0.25) is 0 Å². The molecule has 0 spiro atoms. The molecule has 0 aliphatic carbocycles. The van der Waals surface area contributed by atoms with Crippen LogP contribution in [0.4, 0.5) is 0 Å². The van der Waals surface area contributed by atoms with Gasteiger partial charge in [0.25, 0.3) is 0 Å². The first-order valence-electron chi connectivity index (χ1n) is 7.64. The van der Waals surface area contributed by atoms with Gasteiger partial charge in [0.2, 0.25) is 0 Å². The first kappa shape index (κ1) is 17.1. The Labute approximate surface area is 133 Å². The number of hydrogen-bond acceptors (Lipinski definition) is 4. The minimum absolute atomic E-state index is 0.335. The number of rotatable bonds is 3. The second-order valence-electron chi connectivity index (χ2n) is 7.01. The molecule has 1 aromatic rings. The van der Waals surface area contributed by atoms with Crippen LogP contribution in [-0.4, -0.2) is 30.0 Å². The van der Waals surface area contributed by atoms with Crippen LogP contribution >= 0.6 is 0 Å². The summed E-state index contributed by atoms with van der Waals surface area (Å²) in [5.74, 6) is 0.335. The van der Waals surface area contributed by atoms with Gasteiger partial charge in [-0.05, 0) is 75.8 Å². The predicted octanol–water partition coefficient (Wildman–Crippen LogP) is 2.98.